The monoisotopic (exact) mass is 603 g/mol. The number of hydrogen-bond donors (Lipinski definition) is 1. The molecule has 40 heavy (non-hydrogen) atoms. The Morgan fingerprint density at radius 2 is 1.52 bits per heavy atom. The van der Waals surface area contributed by atoms with Gasteiger partial charge in [0, 0.05) is 35.1 Å². The fraction of sp³-hybridized carbons (Fsp3) is 0.333. The van der Waals surface area contributed by atoms with E-state index in [1.807, 2.05) is 56.3 Å². The van der Waals surface area contributed by atoms with Crippen molar-refractivity contribution in [2.45, 2.75) is 45.7 Å². The van der Waals surface area contributed by atoms with Crippen LogP contribution in [0.25, 0.3) is 0 Å². The average molecular weight is 605 g/mol. The Morgan fingerprint density at radius 3 is 2.12 bits per heavy atom. The van der Waals surface area contributed by atoms with E-state index in [9.17, 15) is 18.0 Å². The van der Waals surface area contributed by atoms with Gasteiger partial charge in [-0.15, -0.1) is 0 Å². The Hall–Kier alpha value is -3.07. The van der Waals surface area contributed by atoms with Crippen LogP contribution in [0.4, 0.5) is 5.69 Å². The molecule has 0 aromatic heterocycles. The van der Waals surface area contributed by atoms with E-state index in [1.165, 1.54) is 4.90 Å². The van der Waals surface area contributed by atoms with E-state index in [2.05, 4.69) is 5.32 Å². The Kier molecular flexibility index (Phi) is 11.4. The van der Waals surface area contributed by atoms with Crippen LogP contribution in [0.5, 0.6) is 0 Å². The number of nitrogens with zero attached hydrogens (tertiary/aromatic N) is 2. The summed E-state index contributed by atoms with van der Waals surface area (Å²) in [6, 6.07) is 20.5. The van der Waals surface area contributed by atoms with Gasteiger partial charge in [0.05, 0.1) is 11.9 Å². The van der Waals surface area contributed by atoms with Crippen molar-refractivity contribution in [3.8, 4) is 0 Å². The molecule has 0 unspecified atom stereocenters. The third-order valence-electron chi connectivity index (χ3n) is 6.53. The summed E-state index contributed by atoms with van der Waals surface area (Å²) >= 11 is 13.0. The van der Waals surface area contributed by atoms with Gasteiger partial charge >= 0.3 is 0 Å². The highest BCUT2D eigenvalue weighted by Crippen LogP contribution is 2.28. The molecule has 0 aliphatic heterocycles. The molecule has 10 heteroatoms. The van der Waals surface area contributed by atoms with Gasteiger partial charge in [-0.05, 0) is 42.2 Å². The number of aryl methyl sites for hydroxylation is 1. The summed E-state index contributed by atoms with van der Waals surface area (Å²) in [5, 5.41) is 3.59. The Bertz CT molecular complexity index is 1400. The number of carbonyl (C=O) groups excluding carboxylic acids is 2. The number of anilines is 1. The normalized spacial score (nSPS) is 12.0. The molecule has 1 atom stereocenters. The van der Waals surface area contributed by atoms with Crippen molar-refractivity contribution < 1.29 is 18.0 Å². The van der Waals surface area contributed by atoms with Gasteiger partial charge in [0.2, 0.25) is 21.8 Å². The summed E-state index contributed by atoms with van der Waals surface area (Å²) in [6.45, 7) is 3.71. The lowest BCUT2D eigenvalue weighted by molar-refractivity contribution is -0.140. The molecule has 0 spiro atoms. The third kappa shape index (κ3) is 8.22. The minimum absolute atomic E-state index is 0.0819. The molecule has 3 aromatic rings. The van der Waals surface area contributed by atoms with Crippen molar-refractivity contribution in [3.05, 3.63) is 99.5 Å². The van der Waals surface area contributed by atoms with Crippen molar-refractivity contribution in [3.63, 3.8) is 0 Å². The first-order chi connectivity index (χ1) is 19.1. The summed E-state index contributed by atoms with van der Waals surface area (Å²) < 4.78 is 27.1. The largest absolute Gasteiger partial charge is 0.354 e. The van der Waals surface area contributed by atoms with Gasteiger partial charge in [-0.1, -0.05) is 91.6 Å². The van der Waals surface area contributed by atoms with E-state index in [-0.39, 0.29) is 18.9 Å². The molecular weight excluding hydrogens is 569 g/mol. The van der Waals surface area contributed by atoms with Crippen LogP contribution in [0.3, 0.4) is 0 Å². The zero-order chi connectivity index (χ0) is 29.3. The van der Waals surface area contributed by atoms with Crippen LogP contribution in [0, 0.1) is 0 Å². The van der Waals surface area contributed by atoms with Crippen LogP contribution >= 0.6 is 23.2 Å². The third-order valence-corrected chi connectivity index (χ3v) is 8.37. The van der Waals surface area contributed by atoms with Gasteiger partial charge in [0.15, 0.2) is 0 Å². The van der Waals surface area contributed by atoms with Crippen LogP contribution < -0.4 is 9.62 Å². The lowest BCUT2D eigenvalue weighted by Gasteiger charge is -2.34. The maximum atomic E-state index is 14.2. The zero-order valence-electron chi connectivity index (χ0n) is 22.9. The molecule has 0 radical (unpaired) electrons. The van der Waals surface area contributed by atoms with Crippen molar-refractivity contribution >= 4 is 50.7 Å². The van der Waals surface area contributed by atoms with Crippen LogP contribution in [0.2, 0.25) is 10.0 Å². The summed E-state index contributed by atoms with van der Waals surface area (Å²) in [6.07, 6.45) is 2.57. The maximum Gasteiger partial charge on any atom is 0.244 e. The molecule has 1 N–H and O–H groups in total. The Labute approximate surface area is 247 Å². The molecule has 214 valence electrons. The van der Waals surface area contributed by atoms with Crippen LogP contribution in [0.1, 0.15) is 37.0 Å². The molecule has 0 saturated carbocycles. The van der Waals surface area contributed by atoms with E-state index in [0.29, 0.717) is 40.7 Å². The molecule has 3 rings (SSSR count). The molecule has 2 amide bonds. The molecule has 0 heterocycles. The number of para-hydroxylation sites is 1. The van der Waals surface area contributed by atoms with Crippen molar-refractivity contribution in [2.24, 2.45) is 0 Å². The molecule has 0 fully saturated rings. The lowest BCUT2D eigenvalue weighted by Crippen LogP contribution is -2.53. The van der Waals surface area contributed by atoms with Crippen LogP contribution in [-0.4, -0.2) is 50.5 Å². The zero-order valence-corrected chi connectivity index (χ0v) is 25.3. The smallest absolute Gasteiger partial charge is 0.244 e. The molecule has 0 bridgehead atoms. The minimum Gasteiger partial charge on any atom is -0.354 e. The fourth-order valence-corrected chi connectivity index (χ4v) is 5.82. The number of carbonyl (C=O) groups is 2. The first-order valence-corrected chi connectivity index (χ1v) is 15.8. The van der Waals surface area contributed by atoms with Gasteiger partial charge in [-0.3, -0.25) is 13.9 Å². The summed E-state index contributed by atoms with van der Waals surface area (Å²) in [5.41, 5.74) is 2.52. The quantitative estimate of drug-likeness (QED) is 0.280. The minimum atomic E-state index is -3.85. The predicted molar refractivity (Wildman–Crippen MR) is 162 cm³/mol. The van der Waals surface area contributed by atoms with E-state index >= 15 is 0 Å². The second-order valence-electron chi connectivity index (χ2n) is 9.47. The van der Waals surface area contributed by atoms with Crippen molar-refractivity contribution in [1.82, 2.24) is 10.2 Å². The van der Waals surface area contributed by atoms with Crippen molar-refractivity contribution in [2.75, 3.05) is 23.7 Å². The summed E-state index contributed by atoms with van der Waals surface area (Å²) in [4.78, 5) is 29.1. The SMILES string of the molecule is CCCNC(=O)[C@H](Cc1ccccc1)N(Cc1c(Cl)cccc1Cl)C(=O)CN(c1ccccc1CC)S(C)(=O)=O. The highest BCUT2D eigenvalue weighted by atomic mass is 35.5. The molecule has 0 aliphatic rings. The number of rotatable bonds is 13. The van der Waals surface area contributed by atoms with Gasteiger partial charge in [0.25, 0.3) is 0 Å². The molecule has 7 nitrogen and oxygen atoms in total. The van der Waals surface area contributed by atoms with Crippen LogP contribution in [0.15, 0.2) is 72.8 Å². The van der Waals surface area contributed by atoms with Crippen molar-refractivity contribution in [1.29, 1.82) is 0 Å². The molecule has 0 aliphatic carbocycles. The first-order valence-electron chi connectivity index (χ1n) is 13.2. The molecule has 3 aromatic carbocycles. The first kappa shape index (κ1) is 31.5. The number of nitrogens with one attached hydrogen (secondary N) is 1. The standard InChI is InChI=1S/C30H35Cl2N3O4S/c1-4-18-33-30(37)28(19-22-12-7-6-8-13-22)34(20-24-25(31)15-11-16-26(24)32)29(36)21-35(40(3,38)39)27-17-10-9-14-23(27)5-2/h6-17,28H,4-5,18-21H2,1-3H3,(H,33,37)/t28-/m0/s1. The Morgan fingerprint density at radius 1 is 0.900 bits per heavy atom. The second kappa shape index (κ2) is 14.5. The fourth-order valence-electron chi connectivity index (χ4n) is 4.42. The average Bonchev–Trinajstić information content (AvgIpc) is 2.93. The van der Waals surface area contributed by atoms with Gasteiger partial charge in [-0.25, -0.2) is 8.42 Å². The highest BCUT2D eigenvalue weighted by molar-refractivity contribution is 7.92. The maximum absolute atomic E-state index is 14.2. The highest BCUT2D eigenvalue weighted by Gasteiger charge is 2.34. The van der Waals surface area contributed by atoms with Crippen LogP contribution in [-0.2, 0) is 39.0 Å². The summed E-state index contributed by atoms with van der Waals surface area (Å²) in [7, 11) is -3.85. The predicted octanol–water partition coefficient (Wildman–Crippen LogP) is 5.49. The number of benzene rings is 3. The van der Waals surface area contributed by atoms with E-state index < -0.39 is 28.5 Å². The van der Waals surface area contributed by atoms with E-state index in [0.717, 1.165) is 21.7 Å². The van der Waals surface area contributed by atoms with E-state index in [4.69, 9.17) is 23.2 Å². The summed E-state index contributed by atoms with van der Waals surface area (Å²) in [5.74, 6) is -0.901. The lowest BCUT2D eigenvalue weighted by atomic mass is 10.0. The Balaban J connectivity index is 2.11. The van der Waals surface area contributed by atoms with Gasteiger partial charge in [0.1, 0.15) is 12.6 Å². The molecular formula is C30H35Cl2N3O4S. The number of hydrogen-bond acceptors (Lipinski definition) is 4. The number of halogens is 2. The number of sulfonamides is 1. The number of amides is 2. The molecule has 0 saturated heterocycles. The van der Waals surface area contributed by atoms with E-state index in [1.54, 1.807) is 30.3 Å². The second-order valence-corrected chi connectivity index (χ2v) is 12.2. The topological polar surface area (TPSA) is 86.8 Å². The van der Waals surface area contributed by atoms with Gasteiger partial charge in [-0.2, -0.15) is 0 Å². The van der Waals surface area contributed by atoms with Gasteiger partial charge < -0.3 is 10.2 Å².